The van der Waals surface area contributed by atoms with E-state index < -0.39 is 0 Å². The number of fused-ring (bicyclic) bond motifs is 1. The molecule has 0 saturated heterocycles. The molecule has 1 atom stereocenters. The highest BCUT2D eigenvalue weighted by Gasteiger charge is 2.16. The molecule has 3 nitrogen and oxygen atoms in total. The summed E-state index contributed by atoms with van der Waals surface area (Å²) < 4.78 is 12.2. The Hall–Kier alpha value is -1.68. The summed E-state index contributed by atoms with van der Waals surface area (Å²) in [6.07, 6.45) is 0. The molecule has 1 aliphatic rings. The van der Waals surface area contributed by atoms with E-state index in [0.717, 1.165) is 21.7 Å². The van der Waals surface area contributed by atoms with Crippen molar-refractivity contribution in [2.45, 2.75) is 19.9 Å². The van der Waals surface area contributed by atoms with Gasteiger partial charge in [0.05, 0.1) is 5.69 Å². The molecule has 0 spiro atoms. The standard InChI is InChI=1S/C17H18BrNO2/c1-11-3-5-13(6-4-11)12(2)19-15-10-17-16(9-14(15)18)20-7-8-21-17/h3-6,9-10,12,19H,7-8H2,1-2H3. The van der Waals surface area contributed by atoms with Gasteiger partial charge in [-0.05, 0) is 35.3 Å². The third kappa shape index (κ3) is 3.16. The number of hydrogen-bond acceptors (Lipinski definition) is 3. The Labute approximate surface area is 133 Å². The minimum atomic E-state index is 0.212. The van der Waals surface area contributed by atoms with Crippen molar-refractivity contribution in [3.63, 3.8) is 0 Å². The molecule has 0 aliphatic carbocycles. The fourth-order valence-corrected chi connectivity index (χ4v) is 2.78. The topological polar surface area (TPSA) is 30.5 Å². The lowest BCUT2D eigenvalue weighted by molar-refractivity contribution is 0.171. The van der Waals surface area contributed by atoms with Crippen LogP contribution in [0.4, 0.5) is 5.69 Å². The number of anilines is 1. The van der Waals surface area contributed by atoms with Gasteiger partial charge in [-0.1, -0.05) is 29.8 Å². The summed E-state index contributed by atoms with van der Waals surface area (Å²) in [6, 6.07) is 12.7. The number of hydrogen-bond donors (Lipinski definition) is 1. The Morgan fingerprint density at radius 1 is 1.05 bits per heavy atom. The second-order valence-corrected chi connectivity index (χ2v) is 6.11. The lowest BCUT2D eigenvalue weighted by atomic mass is 10.1. The maximum atomic E-state index is 5.64. The molecule has 2 aromatic carbocycles. The van der Waals surface area contributed by atoms with E-state index in [1.54, 1.807) is 0 Å². The normalized spacial score (nSPS) is 14.6. The summed E-state index contributed by atoms with van der Waals surface area (Å²) in [5.41, 5.74) is 3.53. The lowest BCUT2D eigenvalue weighted by Gasteiger charge is -2.22. The van der Waals surface area contributed by atoms with Crippen LogP contribution >= 0.6 is 15.9 Å². The molecule has 0 fully saturated rings. The fraction of sp³-hybridized carbons (Fsp3) is 0.294. The summed E-state index contributed by atoms with van der Waals surface area (Å²) in [4.78, 5) is 0. The van der Waals surface area contributed by atoms with Crippen molar-refractivity contribution in [2.24, 2.45) is 0 Å². The van der Waals surface area contributed by atoms with E-state index in [0.29, 0.717) is 13.2 Å². The van der Waals surface area contributed by atoms with Crippen molar-refractivity contribution in [2.75, 3.05) is 18.5 Å². The van der Waals surface area contributed by atoms with Crippen LogP contribution in [0.2, 0.25) is 0 Å². The smallest absolute Gasteiger partial charge is 0.163 e. The van der Waals surface area contributed by atoms with Crippen molar-refractivity contribution < 1.29 is 9.47 Å². The van der Waals surface area contributed by atoms with Gasteiger partial charge in [0.2, 0.25) is 0 Å². The molecular weight excluding hydrogens is 330 g/mol. The highest BCUT2D eigenvalue weighted by molar-refractivity contribution is 9.10. The second-order valence-electron chi connectivity index (χ2n) is 5.25. The summed E-state index contributed by atoms with van der Waals surface area (Å²) in [6.45, 7) is 5.45. The molecule has 4 heteroatoms. The SMILES string of the molecule is Cc1ccc(C(C)Nc2cc3c(cc2Br)OCCO3)cc1. The number of aryl methyl sites for hydroxylation is 1. The molecule has 0 bridgehead atoms. The molecule has 0 saturated carbocycles. The van der Waals surface area contributed by atoms with Gasteiger partial charge in [0.15, 0.2) is 11.5 Å². The van der Waals surface area contributed by atoms with Gasteiger partial charge in [-0.25, -0.2) is 0 Å². The van der Waals surface area contributed by atoms with E-state index in [-0.39, 0.29) is 6.04 Å². The van der Waals surface area contributed by atoms with Gasteiger partial charge in [0, 0.05) is 22.6 Å². The first-order chi connectivity index (χ1) is 10.1. The summed E-state index contributed by atoms with van der Waals surface area (Å²) in [5.74, 6) is 1.59. The molecule has 0 aromatic heterocycles. The highest BCUT2D eigenvalue weighted by Crippen LogP contribution is 2.39. The number of halogens is 1. The van der Waals surface area contributed by atoms with E-state index >= 15 is 0 Å². The predicted molar refractivity (Wildman–Crippen MR) is 88.3 cm³/mol. The largest absolute Gasteiger partial charge is 0.486 e. The van der Waals surface area contributed by atoms with Crippen LogP contribution in [0.5, 0.6) is 11.5 Å². The predicted octanol–water partition coefficient (Wildman–Crippen LogP) is 4.70. The quantitative estimate of drug-likeness (QED) is 0.872. The van der Waals surface area contributed by atoms with E-state index in [1.807, 2.05) is 12.1 Å². The van der Waals surface area contributed by atoms with Gasteiger partial charge in [0.25, 0.3) is 0 Å². The van der Waals surface area contributed by atoms with Crippen LogP contribution in [-0.2, 0) is 0 Å². The van der Waals surface area contributed by atoms with Gasteiger partial charge in [-0.3, -0.25) is 0 Å². The first-order valence-corrected chi connectivity index (χ1v) is 7.85. The van der Waals surface area contributed by atoms with E-state index in [2.05, 4.69) is 59.4 Å². The molecule has 1 heterocycles. The van der Waals surface area contributed by atoms with Crippen LogP contribution in [-0.4, -0.2) is 13.2 Å². The van der Waals surface area contributed by atoms with Crippen molar-refractivity contribution >= 4 is 21.6 Å². The molecule has 2 aromatic rings. The molecule has 110 valence electrons. The minimum Gasteiger partial charge on any atom is -0.486 e. The van der Waals surface area contributed by atoms with Gasteiger partial charge in [-0.2, -0.15) is 0 Å². The summed E-state index contributed by atoms with van der Waals surface area (Å²) in [5, 5.41) is 3.51. The molecule has 3 rings (SSSR count). The number of ether oxygens (including phenoxy) is 2. The van der Waals surface area contributed by atoms with Crippen LogP contribution in [0.15, 0.2) is 40.9 Å². The highest BCUT2D eigenvalue weighted by atomic mass is 79.9. The monoisotopic (exact) mass is 347 g/mol. The van der Waals surface area contributed by atoms with Gasteiger partial charge in [0.1, 0.15) is 13.2 Å². The van der Waals surface area contributed by atoms with Gasteiger partial charge < -0.3 is 14.8 Å². The number of benzene rings is 2. The van der Waals surface area contributed by atoms with Crippen LogP contribution in [0.3, 0.4) is 0 Å². The van der Waals surface area contributed by atoms with Crippen LogP contribution in [0.25, 0.3) is 0 Å². The Kier molecular flexibility index (Phi) is 4.06. The average molecular weight is 348 g/mol. The van der Waals surface area contributed by atoms with E-state index in [9.17, 15) is 0 Å². The van der Waals surface area contributed by atoms with Crippen LogP contribution < -0.4 is 14.8 Å². The molecule has 21 heavy (non-hydrogen) atoms. The molecular formula is C17H18BrNO2. The number of nitrogens with one attached hydrogen (secondary N) is 1. The zero-order chi connectivity index (χ0) is 14.8. The average Bonchev–Trinajstić information content (AvgIpc) is 2.48. The minimum absolute atomic E-state index is 0.212. The van der Waals surface area contributed by atoms with Gasteiger partial charge >= 0.3 is 0 Å². The Morgan fingerprint density at radius 2 is 1.67 bits per heavy atom. The van der Waals surface area contributed by atoms with Crippen LogP contribution in [0.1, 0.15) is 24.1 Å². The van der Waals surface area contributed by atoms with Crippen LogP contribution in [0, 0.1) is 6.92 Å². The molecule has 1 unspecified atom stereocenters. The molecule has 0 amide bonds. The van der Waals surface area contributed by atoms with Crippen molar-refractivity contribution in [1.82, 2.24) is 0 Å². The first-order valence-electron chi connectivity index (χ1n) is 7.06. The second kappa shape index (κ2) is 5.98. The Bertz CT molecular complexity index is 640. The van der Waals surface area contributed by atoms with Crippen molar-refractivity contribution in [3.05, 3.63) is 52.0 Å². The summed E-state index contributed by atoms with van der Waals surface area (Å²) >= 11 is 3.59. The van der Waals surface area contributed by atoms with E-state index in [4.69, 9.17) is 9.47 Å². The first kappa shape index (κ1) is 14.3. The zero-order valence-corrected chi connectivity index (χ0v) is 13.7. The molecule has 1 aliphatic heterocycles. The molecule has 0 radical (unpaired) electrons. The number of rotatable bonds is 3. The lowest BCUT2D eigenvalue weighted by Crippen LogP contribution is -2.16. The Balaban J connectivity index is 1.82. The van der Waals surface area contributed by atoms with Crippen molar-refractivity contribution in [1.29, 1.82) is 0 Å². The summed E-state index contributed by atoms with van der Waals surface area (Å²) in [7, 11) is 0. The maximum absolute atomic E-state index is 5.64. The van der Waals surface area contributed by atoms with Crippen molar-refractivity contribution in [3.8, 4) is 11.5 Å². The van der Waals surface area contributed by atoms with E-state index in [1.165, 1.54) is 11.1 Å². The Morgan fingerprint density at radius 3 is 2.33 bits per heavy atom. The maximum Gasteiger partial charge on any atom is 0.163 e. The van der Waals surface area contributed by atoms with Gasteiger partial charge in [-0.15, -0.1) is 0 Å². The third-order valence-corrected chi connectivity index (χ3v) is 4.24. The molecule has 1 N–H and O–H groups in total. The third-order valence-electron chi connectivity index (χ3n) is 3.58. The fourth-order valence-electron chi connectivity index (χ4n) is 2.35. The zero-order valence-electron chi connectivity index (χ0n) is 12.2.